The Hall–Kier alpha value is -3.07. The highest BCUT2D eigenvalue weighted by atomic mass is 32.2. The van der Waals surface area contributed by atoms with Gasteiger partial charge in [0.2, 0.25) is 5.91 Å². The van der Waals surface area contributed by atoms with Crippen molar-refractivity contribution in [1.29, 1.82) is 0 Å². The van der Waals surface area contributed by atoms with Gasteiger partial charge in [0.25, 0.3) is 0 Å². The number of thioether (sulfide) groups is 1. The van der Waals surface area contributed by atoms with Crippen LogP contribution < -0.4 is 14.8 Å². The normalized spacial score (nSPS) is 13.0. The summed E-state index contributed by atoms with van der Waals surface area (Å²) in [6.07, 6.45) is -0.396. The molecular formula is C23H27FN4O3S. The number of methoxy groups -OCH3 is 1. The molecule has 1 heterocycles. The monoisotopic (exact) mass is 458 g/mol. The van der Waals surface area contributed by atoms with E-state index in [2.05, 4.69) is 15.5 Å². The van der Waals surface area contributed by atoms with Gasteiger partial charge in [0, 0.05) is 11.7 Å². The maximum absolute atomic E-state index is 13.4. The molecule has 2 aromatic carbocycles. The summed E-state index contributed by atoms with van der Waals surface area (Å²) in [6.45, 7) is 7.70. The van der Waals surface area contributed by atoms with Crippen LogP contribution in [0.5, 0.6) is 11.5 Å². The van der Waals surface area contributed by atoms with Gasteiger partial charge in [0.05, 0.1) is 12.4 Å². The average molecular weight is 459 g/mol. The number of hydrogen-bond acceptors (Lipinski definition) is 6. The van der Waals surface area contributed by atoms with E-state index in [-0.39, 0.29) is 11.9 Å². The van der Waals surface area contributed by atoms with Crippen molar-refractivity contribution < 1.29 is 18.7 Å². The number of anilines is 1. The van der Waals surface area contributed by atoms with Gasteiger partial charge in [0.1, 0.15) is 5.82 Å². The summed E-state index contributed by atoms with van der Waals surface area (Å²) in [6, 6.07) is 13.3. The van der Waals surface area contributed by atoms with E-state index in [1.54, 1.807) is 26.2 Å². The predicted octanol–water partition coefficient (Wildman–Crippen LogP) is 5.27. The van der Waals surface area contributed by atoms with Crippen LogP contribution in [0, 0.1) is 5.82 Å². The minimum atomic E-state index is -0.474. The first-order valence-corrected chi connectivity index (χ1v) is 11.2. The van der Waals surface area contributed by atoms with Gasteiger partial charge in [-0.2, -0.15) is 0 Å². The number of amides is 1. The maximum Gasteiger partial charge on any atom is 0.237 e. The van der Waals surface area contributed by atoms with Crippen LogP contribution in [0.2, 0.25) is 0 Å². The Balaban J connectivity index is 1.76. The summed E-state index contributed by atoms with van der Waals surface area (Å²) < 4.78 is 26.8. The molecule has 9 heteroatoms. The van der Waals surface area contributed by atoms with Crippen LogP contribution in [0.25, 0.3) is 0 Å². The molecule has 170 valence electrons. The van der Waals surface area contributed by atoms with Crippen molar-refractivity contribution in [2.24, 2.45) is 0 Å². The Morgan fingerprint density at radius 2 is 1.78 bits per heavy atom. The molecule has 0 fully saturated rings. The fourth-order valence-corrected chi connectivity index (χ4v) is 4.10. The van der Waals surface area contributed by atoms with E-state index in [9.17, 15) is 9.18 Å². The lowest BCUT2D eigenvalue weighted by Gasteiger charge is -2.20. The summed E-state index contributed by atoms with van der Waals surface area (Å²) in [4.78, 5) is 12.6. The van der Waals surface area contributed by atoms with Gasteiger partial charge in [-0.05, 0) is 58.0 Å². The van der Waals surface area contributed by atoms with Crippen molar-refractivity contribution in [3.05, 3.63) is 60.2 Å². The van der Waals surface area contributed by atoms with Crippen LogP contribution in [-0.4, -0.2) is 33.0 Å². The minimum Gasteiger partial charge on any atom is -0.493 e. The Morgan fingerprint density at radius 1 is 1.06 bits per heavy atom. The lowest BCUT2D eigenvalue weighted by atomic mass is 10.3. The molecule has 3 aromatic rings. The zero-order chi connectivity index (χ0) is 23.3. The van der Waals surface area contributed by atoms with Crippen LogP contribution >= 0.6 is 11.8 Å². The van der Waals surface area contributed by atoms with Crippen LogP contribution in [-0.2, 0) is 4.79 Å². The van der Waals surface area contributed by atoms with Crippen LogP contribution in [0.4, 0.5) is 10.1 Å². The van der Waals surface area contributed by atoms with Crippen LogP contribution in [0.3, 0.4) is 0 Å². The molecule has 1 N–H and O–H groups in total. The number of halogens is 1. The van der Waals surface area contributed by atoms with E-state index < -0.39 is 17.2 Å². The van der Waals surface area contributed by atoms with Gasteiger partial charge in [0.15, 0.2) is 28.6 Å². The zero-order valence-corrected chi connectivity index (χ0v) is 19.5. The van der Waals surface area contributed by atoms with Crippen molar-refractivity contribution in [1.82, 2.24) is 14.8 Å². The van der Waals surface area contributed by atoms with Crippen LogP contribution in [0.15, 0.2) is 53.7 Å². The van der Waals surface area contributed by atoms with Crippen molar-refractivity contribution >= 4 is 23.4 Å². The molecule has 0 aliphatic rings. The predicted molar refractivity (Wildman–Crippen MR) is 123 cm³/mol. The first-order chi connectivity index (χ1) is 15.3. The Morgan fingerprint density at radius 3 is 2.44 bits per heavy atom. The van der Waals surface area contributed by atoms with Gasteiger partial charge in [-0.25, -0.2) is 4.39 Å². The fraction of sp³-hybridized carbons (Fsp3) is 0.348. The molecule has 0 saturated carbocycles. The second-order valence-corrected chi connectivity index (χ2v) is 8.78. The number of aromatic nitrogens is 3. The molecule has 0 spiro atoms. The number of para-hydroxylation sites is 2. The minimum absolute atomic E-state index is 0.0460. The molecule has 2 unspecified atom stereocenters. The molecule has 1 aromatic heterocycles. The molecular weight excluding hydrogens is 431 g/mol. The Labute approximate surface area is 191 Å². The first-order valence-electron chi connectivity index (χ1n) is 10.3. The third-order valence-electron chi connectivity index (χ3n) is 4.69. The maximum atomic E-state index is 13.4. The largest absolute Gasteiger partial charge is 0.493 e. The van der Waals surface area contributed by atoms with E-state index in [4.69, 9.17) is 9.47 Å². The molecule has 0 aliphatic heterocycles. The third kappa shape index (κ3) is 5.59. The SMILES string of the molecule is COc1ccccc1OC(C)c1nnc(SC(C)C(=O)Nc2cccc(F)c2)n1C(C)C. The lowest BCUT2D eigenvalue weighted by Crippen LogP contribution is -2.23. The molecule has 1 amide bonds. The van der Waals surface area contributed by atoms with E-state index in [0.717, 1.165) is 0 Å². The van der Waals surface area contributed by atoms with Crippen molar-refractivity contribution in [3.63, 3.8) is 0 Å². The fourth-order valence-electron chi connectivity index (χ4n) is 3.11. The Bertz CT molecular complexity index is 1070. The van der Waals surface area contributed by atoms with E-state index in [1.165, 1.54) is 23.9 Å². The molecule has 32 heavy (non-hydrogen) atoms. The van der Waals surface area contributed by atoms with Gasteiger partial charge in [-0.3, -0.25) is 4.79 Å². The second kappa shape index (κ2) is 10.5. The molecule has 0 aliphatic carbocycles. The Kier molecular flexibility index (Phi) is 7.74. The molecule has 3 rings (SSSR count). The van der Waals surface area contributed by atoms with E-state index >= 15 is 0 Å². The highest BCUT2D eigenvalue weighted by Gasteiger charge is 2.25. The standard InChI is InChI=1S/C23H27FN4O3S/c1-14(2)28-21(15(3)31-20-12-7-6-11-19(20)30-5)26-27-23(28)32-16(4)22(29)25-18-10-8-9-17(24)13-18/h6-16H,1-5H3,(H,25,29). The summed E-state index contributed by atoms with van der Waals surface area (Å²) in [7, 11) is 1.59. The van der Waals surface area contributed by atoms with E-state index in [1.807, 2.05) is 49.6 Å². The van der Waals surface area contributed by atoms with E-state index in [0.29, 0.717) is 28.2 Å². The van der Waals surface area contributed by atoms with Gasteiger partial charge >= 0.3 is 0 Å². The lowest BCUT2D eigenvalue weighted by molar-refractivity contribution is -0.115. The molecule has 0 saturated heterocycles. The number of nitrogens with zero attached hydrogens (tertiary/aromatic N) is 3. The molecule has 2 atom stereocenters. The van der Waals surface area contributed by atoms with Gasteiger partial charge < -0.3 is 19.4 Å². The summed E-state index contributed by atoms with van der Waals surface area (Å²) >= 11 is 1.29. The topological polar surface area (TPSA) is 78.3 Å². The quantitative estimate of drug-likeness (QED) is 0.441. The highest BCUT2D eigenvalue weighted by Crippen LogP contribution is 2.33. The average Bonchev–Trinajstić information content (AvgIpc) is 3.18. The summed E-state index contributed by atoms with van der Waals surface area (Å²) in [5.74, 6) is 1.23. The number of benzene rings is 2. The second-order valence-electron chi connectivity index (χ2n) is 7.48. The third-order valence-corrected chi connectivity index (χ3v) is 5.74. The highest BCUT2D eigenvalue weighted by molar-refractivity contribution is 8.00. The van der Waals surface area contributed by atoms with Crippen molar-refractivity contribution in [2.75, 3.05) is 12.4 Å². The molecule has 0 bridgehead atoms. The van der Waals surface area contributed by atoms with Gasteiger partial charge in [-0.15, -0.1) is 10.2 Å². The van der Waals surface area contributed by atoms with Gasteiger partial charge in [-0.1, -0.05) is 30.0 Å². The number of carbonyl (C=O) groups is 1. The number of hydrogen-bond donors (Lipinski definition) is 1. The molecule has 0 radical (unpaired) electrons. The van der Waals surface area contributed by atoms with Crippen molar-refractivity contribution in [2.45, 2.75) is 50.2 Å². The number of rotatable bonds is 9. The van der Waals surface area contributed by atoms with Crippen molar-refractivity contribution in [3.8, 4) is 11.5 Å². The number of carbonyl (C=O) groups excluding carboxylic acids is 1. The molecule has 7 nitrogen and oxygen atoms in total. The van der Waals surface area contributed by atoms with Crippen LogP contribution in [0.1, 0.15) is 45.7 Å². The smallest absolute Gasteiger partial charge is 0.237 e. The zero-order valence-electron chi connectivity index (χ0n) is 18.7. The first kappa shape index (κ1) is 23.6. The summed E-state index contributed by atoms with van der Waals surface area (Å²) in [5.41, 5.74) is 0.410. The number of nitrogens with one attached hydrogen (secondary N) is 1. The number of ether oxygens (including phenoxy) is 2. The summed E-state index contributed by atoms with van der Waals surface area (Å²) in [5, 5.41) is 11.5.